The maximum absolute atomic E-state index is 11.3. The lowest BCUT2D eigenvalue weighted by atomic mass is 10.2. The molecule has 3 aromatic rings. The second kappa shape index (κ2) is 5.04. The van der Waals surface area contributed by atoms with Gasteiger partial charge in [-0.05, 0) is 17.7 Å². The fourth-order valence-corrected chi connectivity index (χ4v) is 1.84. The van der Waals surface area contributed by atoms with Crippen molar-refractivity contribution < 1.29 is 4.74 Å². The summed E-state index contributed by atoms with van der Waals surface area (Å²) >= 11 is 0. The maximum atomic E-state index is 11.3. The summed E-state index contributed by atoms with van der Waals surface area (Å²) in [5.74, 6) is 1.48. The van der Waals surface area contributed by atoms with Crippen molar-refractivity contribution in [3.8, 4) is 5.75 Å². The van der Waals surface area contributed by atoms with Gasteiger partial charge in [-0.15, -0.1) is 0 Å². The zero-order valence-corrected chi connectivity index (χ0v) is 10.8. The molecule has 3 rings (SSSR count). The van der Waals surface area contributed by atoms with Gasteiger partial charge in [-0.1, -0.05) is 12.1 Å². The van der Waals surface area contributed by atoms with E-state index in [0.29, 0.717) is 18.0 Å². The number of rotatable bonds is 4. The smallest absolute Gasteiger partial charge is 0.348 e. The molecular weight excluding hydrogens is 258 g/mol. The first-order valence-electron chi connectivity index (χ1n) is 6.06. The molecule has 0 amide bonds. The first kappa shape index (κ1) is 12.2. The van der Waals surface area contributed by atoms with Crippen LogP contribution in [0.15, 0.2) is 41.5 Å². The zero-order chi connectivity index (χ0) is 13.9. The van der Waals surface area contributed by atoms with Crippen molar-refractivity contribution in [3.05, 3.63) is 52.7 Å². The van der Waals surface area contributed by atoms with Gasteiger partial charge in [0.15, 0.2) is 5.65 Å². The summed E-state index contributed by atoms with van der Waals surface area (Å²) in [6.45, 7) is 0.627. The van der Waals surface area contributed by atoms with E-state index >= 15 is 0 Å². The predicted molar refractivity (Wildman–Crippen MR) is 73.9 cm³/mol. The molecule has 2 heterocycles. The fraction of sp³-hybridized carbons (Fsp3) is 0.154. The number of aromatic nitrogens is 4. The number of ether oxygens (including phenoxy) is 1. The summed E-state index contributed by atoms with van der Waals surface area (Å²) in [5, 5.41) is 9.43. The van der Waals surface area contributed by atoms with Gasteiger partial charge in [0.05, 0.1) is 7.11 Å². The number of aromatic amines is 1. The predicted octanol–water partition coefficient (Wildman–Crippen LogP) is 1.04. The van der Waals surface area contributed by atoms with Crippen LogP contribution in [0.25, 0.3) is 5.65 Å². The van der Waals surface area contributed by atoms with Gasteiger partial charge in [0.1, 0.15) is 17.9 Å². The Morgan fingerprint density at radius 1 is 1.35 bits per heavy atom. The minimum atomic E-state index is -0.297. The molecule has 2 aromatic heterocycles. The van der Waals surface area contributed by atoms with Crippen LogP contribution in [0, 0.1) is 0 Å². The van der Waals surface area contributed by atoms with E-state index in [1.807, 2.05) is 24.3 Å². The number of anilines is 1. The van der Waals surface area contributed by atoms with Gasteiger partial charge in [-0.3, -0.25) is 0 Å². The van der Waals surface area contributed by atoms with Crippen LogP contribution in [-0.4, -0.2) is 26.7 Å². The highest BCUT2D eigenvalue weighted by Crippen LogP contribution is 2.12. The van der Waals surface area contributed by atoms with Crippen molar-refractivity contribution in [1.82, 2.24) is 19.6 Å². The Balaban J connectivity index is 1.74. The number of hydrogen-bond donors (Lipinski definition) is 2. The van der Waals surface area contributed by atoms with Crippen molar-refractivity contribution in [2.45, 2.75) is 6.54 Å². The zero-order valence-electron chi connectivity index (χ0n) is 10.8. The van der Waals surface area contributed by atoms with E-state index in [9.17, 15) is 4.79 Å². The molecule has 0 aliphatic rings. The molecule has 0 saturated carbocycles. The van der Waals surface area contributed by atoms with Gasteiger partial charge < -0.3 is 10.1 Å². The second-order valence-electron chi connectivity index (χ2n) is 4.23. The monoisotopic (exact) mass is 271 g/mol. The van der Waals surface area contributed by atoms with E-state index in [0.717, 1.165) is 11.3 Å². The Bertz CT molecular complexity index is 775. The average molecular weight is 271 g/mol. The van der Waals surface area contributed by atoms with Crippen LogP contribution in [0.5, 0.6) is 5.75 Å². The van der Waals surface area contributed by atoms with Gasteiger partial charge in [0, 0.05) is 12.6 Å². The van der Waals surface area contributed by atoms with Crippen LogP contribution in [0.4, 0.5) is 5.82 Å². The van der Waals surface area contributed by atoms with E-state index in [-0.39, 0.29) is 5.69 Å². The number of benzene rings is 1. The maximum Gasteiger partial charge on any atom is 0.348 e. The van der Waals surface area contributed by atoms with E-state index in [2.05, 4.69) is 20.5 Å². The largest absolute Gasteiger partial charge is 0.497 e. The summed E-state index contributed by atoms with van der Waals surface area (Å²) in [4.78, 5) is 15.5. The lowest BCUT2D eigenvalue weighted by molar-refractivity contribution is 0.414. The number of methoxy groups -OCH3 is 1. The molecule has 0 atom stereocenters. The number of nitrogens with zero attached hydrogens (tertiary/aromatic N) is 3. The number of nitrogens with one attached hydrogen (secondary N) is 2. The molecule has 0 aliphatic heterocycles. The Hall–Kier alpha value is -2.83. The average Bonchev–Trinajstić information content (AvgIpc) is 2.87. The standard InChI is InChI=1S/C13H13N5O2/c1-20-10-4-2-9(3-5-10)7-14-11-6-12-16-17-13(19)18(12)8-15-11/h2-6,8,14H,7H2,1H3,(H,17,19). The summed E-state index contributed by atoms with van der Waals surface area (Å²) in [6.07, 6.45) is 1.44. The van der Waals surface area contributed by atoms with Crippen LogP contribution >= 0.6 is 0 Å². The molecule has 0 fully saturated rings. The Labute approximate surface area is 114 Å². The van der Waals surface area contributed by atoms with E-state index < -0.39 is 0 Å². The van der Waals surface area contributed by atoms with Crippen LogP contribution in [0.1, 0.15) is 5.56 Å². The molecule has 0 unspecified atom stereocenters. The highest BCUT2D eigenvalue weighted by atomic mass is 16.5. The van der Waals surface area contributed by atoms with Crippen molar-refractivity contribution in [2.24, 2.45) is 0 Å². The Morgan fingerprint density at radius 3 is 2.90 bits per heavy atom. The summed E-state index contributed by atoms with van der Waals surface area (Å²) in [5.41, 5.74) is 1.34. The minimum absolute atomic E-state index is 0.297. The van der Waals surface area contributed by atoms with Crippen LogP contribution in [0.2, 0.25) is 0 Å². The third kappa shape index (κ3) is 2.33. The highest BCUT2D eigenvalue weighted by Gasteiger charge is 2.02. The Kier molecular flexibility index (Phi) is 3.08. The second-order valence-corrected chi connectivity index (χ2v) is 4.23. The van der Waals surface area contributed by atoms with Crippen LogP contribution in [0.3, 0.4) is 0 Å². The van der Waals surface area contributed by atoms with Gasteiger partial charge in [0.2, 0.25) is 0 Å². The van der Waals surface area contributed by atoms with E-state index in [4.69, 9.17) is 4.74 Å². The lowest BCUT2D eigenvalue weighted by Crippen LogP contribution is -2.10. The number of hydrogen-bond acceptors (Lipinski definition) is 5. The molecule has 20 heavy (non-hydrogen) atoms. The SMILES string of the molecule is COc1ccc(CNc2cc3n[nH]c(=O)n3cn2)cc1. The number of H-pyrrole nitrogens is 1. The molecular formula is C13H13N5O2. The molecule has 1 aromatic carbocycles. The minimum Gasteiger partial charge on any atom is -0.497 e. The third-order valence-electron chi connectivity index (χ3n) is 2.94. The molecule has 2 N–H and O–H groups in total. The van der Waals surface area contributed by atoms with Gasteiger partial charge in [-0.2, -0.15) is 5.10 Å². The quantitative estimate of drug-likeness (QED) is 0.740. The topological polar surface area (TPSA) is 84.3 Å². The molecule has 0 aliphatic carbocycles. The summed E-state index contributed by atoms with van der Waals surface area (Å²) in [7, 11) is 1.64. The van der Waals surface area contributed by atoms with Gasteiger partial charge in [0.25, 0.3) is 0 Å². The molecule has 102 valence electrons. The Morgan fingerprint density at radius 2 is 2.15 bits per heavy atom. The van der Waals surface area contributed by atoms with E-state index in [1.54, 1.807) is 13.2 Å². The molecule has 0 spiro atoms. The first-order chi connectivity index (χ1) is 9.76. The van der Waals surface area contributed by atoms with E-state index in [1.165, 1.54) is 10.7 Å². The van der Waals surface area contributed by atoms with Crippen molar-refractivity contribution in [1.29, 1.82) is 0 Å². The van der Waals surface area contributed by atoms with Crippen molar-refractivity contribution in [2.75, 3.05) is 12.4 Å². The molecule has 7 nitrogen and oxygen atoms in total. The van der Waals surface area contributed by atoms with Crippen molar-refractivity contribution in [3.63, 3.8) is 0 Å². The van der Waals surface area contributed by atoms with Crippen LogP contribution < -0.4 is 15.7 Å². The lowest BCUT2D eigenvalue weighted by Gasteiger charge is -2.06. The molecule has 0 bridgehead atoms. The molecule has 0 radical (unpaired) electrons. The fourth-order valence-electron chi connectivity index (χ4n) is 1.84. The molecule has 7 heteroatoms. The van der Waals surface area contributed by atoms with Crippen molar-refractivity contribution >= 4 is 11.5 Å². The van der Waals surface area contributed by atoms with Crippen LogP contribution in [-0.2, 0) is 6.54 Å². The summed E-state index contributed by atoms with van der Waals surface area (Å²) < 4.78 is 6.45. The van der Waals surface area contributed by atoms with Gasteiger partial charge >= 0.3 is 5.69 Å². The summed E-state index contributed by atoms with van der Waals surface area (Å²) in [6, 6.07) is 9.47. The van der Waals surface area contributed by atoms with Gasteiger partial charge in [-0.25, -0.2) is 19.3 Å². The number of fused-ring (bicyclic) bond motifs is 1. The third-order valence-corrected chi connectivity index (χ3v) is 2.94. The molecule has 0 saturated heterocycles. The highest BCUT2D eigenvalue weighted by molar-refractivity contribution is 5.48. The first-order valence-corrected chi connectivity index (χ1v) is 6.06. The normalized spacial score (nSPS) is 10.7.